The van der Waals surface area contributed by atoms with Crippen LogP contribution in [0.4, 0.5) is 11.8 Å². The van der Waals surface area contributed by atoms with E-state index in [9.17, 15) is 0 Å². The molecule has 9 heteroatoms. The lowest BCUT2D eigenvalue weighted by atomic mass is 10.3. The van der Waals surface area contributed by atoms with E-state index in [1.165, 1.54) is 0 Å². The Balaban J connectivity index is 1.46. The Hall–Kier alpha value is -3.26. The van der Waals surface area contributed by atoms with Crippen LogP contribution in [0.3, 0.4) is 0 Å². The molecule has 0 radical (unpaired) electrons. The zero-order chi connectivity index (χ0) is 18.9. The normalized spacial score (nSPS) is 14.6. The summed E-state index contributed by atoms with van der Waals surface area (Å²) >= 11 is 6.26. The minimum atomic E-state index is 0.217. The number of anilines is 2. The maximum atomic E-state index is 6.26. The number of rotatable bonds is 3. The van der Waals surface area contributed by atoms with Gasteiger partial charge in [-0.3, -0.25) is 0 Å². The van der Waals surface area contributed by atoms with E-state index in [-0.39, 0.29) is 5.28 Å². The fourth-order valence-corrected chi connectivity index (χ4v) is 3.60. The van der Waals surface area contributed by atoms with E-state index >= 15 is 0 Å². The van der Waals surface area contributed by atoms with Gasteiger partial charge in [0.2, 0.25) is 11.2 Å². The number of piperazine rings is 1. The Morgan fingerprint density at radius 3 is 2.29 bits per heavy atom. The largest absolute Gasteiger partial charge is 0.352 e. The molecule has 1 saturated heterocycles. The van der Waals surface area contributed by atoms with Gasteiger partial charge in [0.1, 0.15) is 5.82 Å². The number of benzene rings is 1. The van der Waals surface area contributed by atoms with Gasteiger partial charge in [-0.25, -0.2) is 14.6 Å². The predicted molar refractivity (Wildman–Crippen MR) is 108 cm³/mol. The Bertz CT molecular complexity index is 1090. The number of hydrogen-bond donors (Lipinski definition) is 0. The average molecular weight is 393 g/mol. The minimum absolute atomic E-state index is 0.217. The lowest BCUT2D eigenvalue weighted by Gasteiger charge is -2.35. The van der Waals surface area contributed by atoms with Crippen molar-refractivity contribution in [3.05, 3.63) is 60.3 Å². The Kier molecular flexibility index (Phi) is 4.25. The number of halogens is 1. The molecule has 4 heterocycles. The minimum Gasteiger partial charge on any atom is -0.352 e. The zero-order valence-electron chi connectivity index (χ0n) is 15.0. The summed E-state index contributed by atoms with van der Waals surface area (Å²) in [5.74, 6) is 1.57. The number of nitrogens with zero attached hydrogens (tertiary/aromatic N) is 8. The van der Waals surface area contributed by atoms with Crippen molar-refractivity contribution in [1.29, 1.82) is 0 Å². The van der Waals surface area contributed by atoms with Gasteiger partial charge in [0.25, 0.3) is 0 Å². The first-order valence-electron chi connectivity index (χ1n) is 9.03. The van der Waals surface area contributed by atoms with Crippen molar-refractivity contribution in [2.75, 3.05) is 36.0 Å². The average Bonchev–Trinajstić information content (AvgIpc) is 3.18. The van der Waals surface area contributed by atoms with E-state index in [1.807, 2.05) is 36.4 Å². The van der Waals surface area contributed by atoms with Crippen molar-refractivity contribution in [3.8, 4) is 5.69 Å². The van der Waals surface area contributed by atoms with Crippen molar-refractivity contribution >= 4 is 34.4 Å². The van der Waals surface area contributed by atoms with Gasteiger partial charge in [0, 0.05) is 38.6 Å². The van der Waals surface area contributed by atoms with Crippen molar-refractivity contribution < 1.29 is 0 Å². The van der Waals surface area contributed by atoms with E-state index < -0.39 is 0 Å². The zero-order valence-corrected chi connectivity index (χ0v) is 15.7. The third-order valence-electron chi connectivity index (χ3n) is 4.80. The van der Waals surface area contributed by atoms with Crippen LogP contribution in [0.15, 0.2) is 55.0 Å². The molecule has 8 nitrogen and oxygen atoms in total. The van der Waals surface area contributed by atoms with Gasteiger partial charge in [-0.15, -0.1) is 0 Å². The molecular formula is C19H17ClN8. The smallest absolute Gasteiger partial charge is 0.226 e. The maximum Gasteiger partial charge on any atom is 0.226 e. The molecule has 0 saturated carbocycles. The first-order chi connectivity index (χ1) is 13.8. The van der Waals surface area contributed by atoms with Crippen molar-refractivity contribution in [3.63, 3.8) is 0 Å². The molecule has 0 N–H and O–H groups in total. The van der Waals surface area contributed by atoms with Gasteiger partial charge in [0.05, 0.1) is 17.3 Å². The molecule has 1 aromatic carbocycles. The highest BCUT2D eigenvalue weighted by atomic mass is 35.5. The second kappa shape index (κ2) is 7.05. The molecule has 0 bridgehead atoms. The molecule has 140 valence electrons. The molecule has 3 aromatic heterocycles. The van der Waals surface area contributed by atoms with Gasteiger partial charge in [-0.1, -0.05) is 18.2 Å². The van der Waals surface area contributed by atoms with Gasteiger partial charge >= 0.3 is 0 Å². The molecule has 0 unspecified atom stereocenters. The number of fused-ring (bicyclic) bond motifs is 1. The molecule has 4 aromatic rings. The highest BCUT2D eigenvalue weighted by Gasteiger charge is 2.23. The van der Waals surface area contributed by atoms with E-state index in [1.54, 1.807) is 23.3 Å². The quantitative estimate of drug-likeness (QED) is 0.496. The molecule has 5 rings (SSSR count). The summed E-state index contributed by atoms with van der Waals surface area (Å²) in [5.41, 5.74) is 1.64. The highest BCUT2D eigenvalue weighted by molar-refractivity contribution is 6.28. The summed E-state index contributed by atoms with van der Waals surface area (Å²) in [6.45, 7) is 3.19. The summed E-state index contributed by atoms with van der Waals surface area (Å²) in [6.07, 6.45) is 5.33. The summed E-state index contributed by atoms with van der Waals surface area (Å²) in [5, 5.41) is 5.63. The first-order valence-corrected chi connectivity index (χ1v) is 9.41. The lowest BCUT2D eigenvalue weighted by molar-refractivity contribution is 0.636. The Labute approximate surface area is 166 Å². The Morgan fingerprint density at radius 1 is 0.821 bits per heavy atom. The van der Waals surface area contributed by atoms with Crippen LogP contribution in [-0.4, -0.2) is 55.9 Å². The van der Waals surface area contributed by atoms with Gasteiger partial charge in [-0.05, 0) is 29.8 Å². The fourth-order valence-electron chi connectivity index (χ4n) is 3.44. The number of para-hydroxylation sites is 1. The third kappa shape index (κ3) is 3.01. The SMILES string of the molecule is Clc1nc(N2CCN(c3ncccn3)CC2)c2cnn(-c3ccccc3)c2n1. The van der Waals surface area contributed by atoms with E-state index in [2.05, 4.69) is 34.8 Å². The van der Waals surface area contributed by atoms with Crippen LogP contribution >= 0.6 is 11.6 Å². The van der Waals surface area contributed by atoms with Crippen LogP contribution in [0.25, 0.3) is 16.7 Å². The van der Waals surface area contributed by atoms with E-state index in [0.717, 1.165) is 49.0 Å². The van der Waals surface area contributed by atoms with Gasteiger partial charge in [-0.2, -0.15) is 15.1 Å². The van der Waals surface area contributed by atoms with Gasteiger partial charge < -0.3 is 9.80 Å². The standard InChI is InChI=1S/C19H17ClN8/c20-18-24-16(26-9-11-27(12-10-26)19-21-7-4-8-22-19)15-13-23-28(17(15)25-18)14-5-2-1-3-6-14/h1-8,13H,9-12H2. The molecule has 0 spiro atoms. The fraction of sp³-hybridized carbons (Fsp3) is 0.211. The second-order valence-corrected chi connectivity index (χ2v) is 6.81. The van der Waals surface area contributed by atoms with Crippen molar-refractivity contribution in [2.24, 2.45) is 0 Å². The third-order valence-corrected chi connectivity index (χ3v) is 4.97. The van der Waals surface area contributed by atoms with E-state index in [0.29, 0.717) is 5.65 Å². The molecular weight excluding hydrogens is 376 g/mol. The molecule has 1 aliphatic heterocycles. The van der Waals surface area contributed by atoms with Crippen LogP contribution < -0.4 is 9.80 Å². The number of aromatic nitrogens is 6. The topological polar surface area (TPSA) is 75.9 Å². The van der Waals surface area contributed by atoms with Crippen molar-refractivity contribution in [1.82, 2.24) is 29.7 Å². The molecule has 1 fully saturated rings. The lowest BCUT2D eigenvalue weighted by Crippen LogP contribution is -2.47. The molecule has 0 aliphatic carbocycles. The molecule has 28 heavy (non-hydrogen) atoms. The summed E-state index contributed by atoms with van der Waals surface area (Å²) in [4.78, 5) is 22.0. The number of hydrogen-bond acceptors (Lipinski definition) is 7. The second-order valence-electron chi connectivity index (χ2n) is 6.47. The summed E-state index contributed by atoms with van der Waals surface area (Å²) in [7, 11) is 0. The van der Waals surface area contributed by atoms with Crippen LogP contribution in [-0.2, 0) is 0 Å². The van der Waals surface area contributed by atoms with Crippen molar-refractivity contribution in [2.45, 2.75) is 0 Å². The predicted octanol–water partition coefficient (Wildman–Crippen LogP) is 2.59. The molecule has 1 aliphatic rings. The monoisotopic (exact) mass is 392 g/mol. The molecule has 0 atom stereocenters. The Morgan fingerprint density at radius 2 is 1.54 bits per heavy atom. The van der Waals surface area contributed by atoms with Crippen LogP contribution in [0.5, 0.6) is 0 Å². The van der Waals surface area contributed by atoms with Crippen LogP contribution in [0.1, 0.15) is 0 Å². The van der Waals surface area contributed by atoms with E-state index in [4.69, 9.17) is 11.6 Å². The van der Waals surface area contributed by atoms with Crippen LogP contribution in [0, 0.1) is 0 Å². The molecule has 0 amide bonds. The summed E-state index contributed by atoms with van der Waals surface area (Å²) < 4.78 is 1.79. The summed E-state index contributed by atoms with van der Waals surface area (Å²) in [6, 6.07) is 11.7. The van der Waals surface area contributed by atoms with Gasteiger partial charge in [0.15, 0.2) is 5.65 Å². The highest BCUT2D eigenvalue weighted by Crippen LogP contribution is 2.28. The maximum absolute atomic E-state index is 6.26. The van der Waals surface area contributed by atoms with Crippen LogP contribution in [0.2, 0.25) is 5.28 Å². The first kappa shape index (κ1) is 16.9.